The second kappa shape index (κ2) is 8.13. The molecule has 4 rings (SSSR count). The molecular formula is C21H21ClN2O2S. The quantitative estimate of drug-likeness (QED) is 0.689. The molecule has 0 fully saturated rings. The van der Waals surface area contributed by atoms with E-state index in [0.29, 0.717) is 11.3 Å². The molecule has 0 radical (unpaired) electrons. The van der Waals surface area contributed by atoms with Crippen molar-refractivity contribution in [2.75, 3.05) is 11.3 Å². The van der Waals surface area contributed by atoms with Crippen molar-refractivity contribution in [1.29, 1.82) is 0 Å². The number of halogens is 1. The fourth-order valence-electron chi connectivity index (χ4n) is 3.38. The molecule has 0 amide bonds. The Morgan fingerprint density at radius 3 is 2.41 bits per heavy atom. The Bertz CT molecular complexity index is 1040. The Morgan fingerprint density at radius 1 is 0.852 bits per heavy atom. The van der Waals surface area contributed by atoms with E-state index >= 15 is 0 Å². The maximum Gasteiger partial charge on any atom is 0.262 e. The first-order valence-corrected chi connectivity index (χ1v) is 10.1. The minimum absolute atomic E-state index is 0. The van der Waals surface area contributed by atoms with Crippen molar-refractivity contribution in [3.63, 3.8) is 0 Å². The van der Waals surface area contributed by atoms with E-state index in [1.807, 2.05) is 60.7 Å². The maximum atomic E-state index is 13.2. The van der Waals surface area contributed by atoms with Gasteiger partial charge in [-0.3, -0.25) is 4.72 Å². The Morgan fingerprint density at radius 2 is 1.59 bits per heavy atom. The molecule has 0 unspecified atom stereocenters. The largest absolute Gasteiger partial charge is 0.312 e. The summed E-state index contributed by atoms with van der Waals surface area (Å²) in [6, 6.07) is 22.5. The van der Waals surface area contributed by atoms with Crippen LogP contribution in [0.3, 0.4) is 0 Å². The predicted molar refractivity (Wildman–Crippen MR) is 112 cm³/mol. The molecule has 0 saturated carbocycles. The van der Waals surface area contributed by atoms with E-state index in [2.05, 4.69) is 10.0 Å². The van der Waals surface area contributed by atoms with Gasteiger partial charge in [0.25, 0.3) is 10.0 Å². The molecule has 0 bridgehead atoms. The third-order valence-corrected chi connectivity index (χ3v) is 6.07. The molecule has 1 aliphatic heterocycles. The second-order valence-corrected chi connectivity index (χ2v) is 7.99. The number of fused-ring (bicyclic) bond motifs is 1. The molecule has 3 aromatic rings. The Hall–Kier alpha value is -2.34. The van der Waals surface area contributed by atoms with Crippen molar-refractivity contribution in [1.82, 2.24) is 5.32 Å². The standard InChI is InChI=1S/C21H20N2O2S.ClH/c24-26(25,23-20-11-6-9-17-15-22-14-13-18(17)20)21-12-5-4-10-19(21)16-7-2-1-3-8-16;/h1-12,22-23H,13-15H2;1H. The molecule has 0 aromatic heterocycles. The van der Waals surface area contributed by atoms with E-state index in [1.54, 1.807) is 12.1 Å². The van der Waals surface area contributed by atoms with Gasteiger partial charge in [0.1, 0.15) is 0 Å². The highest BCUT2D eigenvalue weighted by atomic mass is 35.5. The maximum absolute atomic E-state index is 13.2. The van der Waals surface area contributed by atoms with Crippen LogP contribution in [-0.2, 0) is 23.0 Å². The molecular weight excluding hydrogens is 380 g/mol. The third-order valence-electron chi connectivity index (χ3n) is 4.65. The number of anilines is 1. The van der Waals surface area contributed by atoms with Gasteiger partial charge in [0.15, 0.2) is 0 Å². The zero-order valence-electron chi connectivity index (χ0n) is 14.7. The summed E-state index contributed by atoms with van der Waals surface area (Å²) in [7, 11) is -3.70. The number of hydrogen-bond donors (Lipinski definition) is 2. The molecule has 1 heterocycles. The monoisotopic (exact) mass is 400 g/mol. The zero-order valence-corrected chi connectivity index (χ0v) is 16.3. The summed E-state index contributed by atoms with van der Waals surface area (Å²) in [5.74, 6) is 0. The van der Waals surface area contributed by atoms with E-state index < -0.39 is 10.0 Å². The van der Waals surface area contributed by atoms with Gasteiger partial charge in [0.05, 0.1) is 10.6 Å². The first-order chi connectivity index (χ1) is 12.6. The van der Waals surface area contributed by atoms with Crippen LogP contribution in [0.1, 0.15) is 11.1 Å². The van der Waals surface area contributed by atoms with Crippen molar-refractivity contribution >= 4 is 28.1 Å². The first kappa shape index (κ1) is 19.4. The third kappa shape index (κ3) is 4.00. The number of sulfonamides is 1. The van der Waals surface area contributed by atoms with Gasteiger partial charge < -0.3 is 5.32 Å². The van der Waals surface area contributed by atoms with E-state index in [0.717, 1.165) is 36.2 Å². The van der Waals surface area contributed by atoms with Crippen molar-refractivity contribution < 1.29 is 8.42 Å². The lowest BCUT2D eigenvalue weighted by Gasteiger charge is -2.21. The number of rotatable bonds is 4. The summed E-state index contributed by atoms with van der Waals surface area (Å²) in [5, 5.41) is 3.32. The van der Waals surface area contributed by atoms with Gasteiger partial charge in [0.2, 0.25) is 0 Å². The molecule has 4 nitrogen and oxygen atoms in total. The van der Waals surface area contributed by atoms with Crippen LogP contribution in [0.2, 0.25) is 0 Å². The molecule has 0 aliphatic carbocycles. The average Bonchev–Trinajstić information content (AvgIpc) is 2.69. The highest BCUT2D eigenvalue weighted by molar-refractivity contribution is 7.92. The fourth-order valence-corrected chi connectivity index (χ4v) is 4.71. The Kier molecular flexibility index (Phi) is 5.85. The average molecular weight is 401 g/mol. The van der Waals surface area contributed by atoms with Gasteiger partial charge in [-0.1, -0.05) is 60.7 Å². The summed E-state index contributed by atoms with van der Waals surface area (Å²) < 4.78 is 29.1. The van der Waals surface area contributed by atoms with E-state index in [1.165, 1.54) is 0 Å². The summed E-state index contributed by atoms with van der Waals surface area (Å²) in [5.41, 5.74) is 4.48. The highest BCUT2D eigenvalue weighted by Gasteiger charge is 2.21. The summed E-state index contributed by atoms with van der Waals surface area (Å²) in [6.45, 7) is 1.62. The lowest BCUT2D eigenvalue weighted by molar-refractivity contribution is 0.601. The molecule has 3 aromatic carbocycles. The minimum Gasteiger partial charge on any atom is -0.312 e. The normalized spacial score (nSPS) is 13.3. The van der Waals surface area contributed by atoms with Crippen LogP contribution < -0.4 is 10.0 Å². The second-order valence-electron chi connectivity index (χ2n) is 6.34. The summed E-state index contributed by atoms with van der Waals surface area (Å²) in [4.78, 5) is 0.290. The van der Waals surface area contributed by atoms with E-state index in [4.69, 9.17) is 0 Å². The van der Waals surface area contributed by atoms with Crippen LogP contribution in [0.4, 0.5) is 5.69 Å². The Balaban J connectivity index is 0.00000210. The van der Waals surface area contributed by atoms with Crippen molar-refractivity contribution in [3.8, 4) is 11.1 Å². The predicted octanol–water partition coefficient (Wildman–Crippen LogP) is 4.22. The molecule has 0 saturated heterocycles. The number of benzene rings is 3. The molecule has 6 heteroatoms. The van der Waals surface area contributed by atoms with Crippen LogP contribution in [0.5, 0.6) is 0 Å². The van der Waals surface area contributed by atoms with E-state index in [9.17, 15) is 8.42 Å². The van der Waals surface area contributed by atoms with Crippen molar-refractivity contribution in [2.24, 2.45) is 0 Å². The van der Waals surface area contributed by atoms with Crippen molar-refractivity contribution in [3.05, 3.63) is 83.9 Å². The lowest BCUT2D eigenvalue weighted by atomic mass is 9.99. The van der Waals surface area contributed by atoms with Gasteiger partial charge in [-0.25, -0.2) is 8.42 Å². The molecule has 1 aliphatic rings. The van der Waals surface area contributed by atoms with Crippen LogP contribution >= 0.6 is 12.4 Å². The van der Waals surface area contributed by atoms with Gasteiger partial charge >= 0.3 is 0 Å². The molecule has 27 heavy (non-hydrogen) atoms. The van der Waals surface area contributed by atoms with Crippen LogP contribution in [0.15, 0.2) is 77.7 Å². The van der Waals surface area contributed by atoms with Crippen molar-refractivity contribution in [2.45, 2.75) is 17.9 Å². The molecule has 0 spiro atoms. The number of hydrogen-bond acceptors (Lipinski definition) is 3. The summed E-state index contributed by atoms with van der Waals surface area (Å²) >= 11 is 0. The van der Waals surface area contributed by atoms with Gasteiger partial charge in [-0.05, 0) is 41.8 Å². The number of nitrogens with one attached hydrogen (secondary N) is 2. The first-order valence-electron chi connectivity index (χ1n) is 8.64. The van der Waals surface area contributed by atoms with Crippen LogP contribution in [-0.4, -0.2) is 15.0 Å². The smallest absolute Gasteiger partial charge is 0.262 e. The fraction of sp³-hybridized carbons (Fsp3) is 0.143. The lowest BCUT2D eigenvalue weighted by Crippen LogP contribution is -2.25. The van der Waals surface area contributed by atoms with Gasteiger partial charge in [-0.2, -0.15) is 0 Å². The van der Waals surface area contributed by atoms with Crippen LogP contribution in [0, 0.1) is 0 Å². The molecule has 140 valence electrons. The van der Waals surface area contributed by atoms with Gasteiger partial charge in [-0.15, -0.1) is 12.4 Å². The molecule has 0 atom stereocenters. The summed E-state index contributed by atoms with van der Waals surface area (Å²) in [6.07, 6.45) is 0.814. The van der Waals surface area contributed by atoms with E-state index in [-0.39, 0.29) is 17.3 Å². The highest BCUT2D eigenvalue weighted by Crippen LogP contribution is 2.30. The van der Waals surface area contributed by atoms with Gasteiger partial charge in [0, 0.05) is 12.1 Å². The zero-order chi connectivity index (χ0) is 18.0. The molecule has 2 N–H and O–H groups in total. The van der Waals surface area contributed by atoms with Crippen LogP contribution in [0.25, 0.3) is 11.1 Å². The topological polar surface area (TPSA) is 58.2 Å². The SMILES string of the molecule is Cl.O=S(=O)(Nc1cccc2c1CCNC2)c1ccccc1-c1ccccc1. The minimum atomic E-state index is -3.70. The Labute approximate surface area is 166 Å².